The van der Waals surface area contributed by atoms with Crippen LogP contribution in [0, 0.1) is 5.92 Å². The number of amides is 2. The Morgan fingerprint density at radius 3 is 2.48 bits per heavy atom. The zero-order valence-corrected chi connectivity index (χ0v) is 17.0. The van der Waals surface area contributed by atoms with Crippen molar-refractivity contribution < 1.29 is 18.0 Å². The van der Waals surface area contributed by atoms with Gasteiger partial charge in [0.05, 0.1) is 17.5 Å². The first-order chi connectivity index (χ1) is 12.5. The van der Waals surface area contributed by atoms with Gasteiger partial charge in [0.2, 0.25) is 21.1 Å². The number of benzene rings is 1. The van der Waals surface area contributed by atoms with Crippen molar-refractivity contribution in [3.8, 4) is 0 Å². The average Bonchev–Trinajstić information content (AvgIpc) is 2.93. The van der Waals surface area contributed by atoms with Crippen LogP contribution in [0.2, 0.25) is 0 Å². The molecule has 0 aliphatic rings. The summed E-state index contributed by atoms with van der Waals surface area (Å²) in [5.74, 6) is -0.477. The summed E-state index contributed by atoms with van der Waals surface area (Å²) in [7, 11) is -3.59. The molecule has 3 N–H and O–H groups in total. The second-order valence-corrected chi connectivity index (χ2v) is 9.18. The Morgan fingerprint density at radius 1 is 1.19 bits per heavy atom. The van der Waals surface area contributed by atoms with Crippen LogP contribution in [0.3, 0.4) is 0 Å². The SMILES string of the molecule is CC(=O)Nc1ccc(NS(C)(=O)=O)c(C(=O)Nc2nnc(CC(C)C)s2)c1. The molecule has 0 radical (unpaired) electrons. The fraction of sp³-hybridized carbons (Fsp3) is 0.375. The van der Waals surface area contributed by atoms with Gasteiger partial charge in [0.15, 0.2) is 0 Å². The maximum atomic E-state index is 12.7. The Labute approximate surface area is 161 Å². The monoisotopic (exact) mass is 411 g/mol. The Bertz CT molecular complexity index is 953. The van der Waals surface area contributed by atoms with Gasteiger partial charge in [-0.05, 0) is 24.1 Å². The molecule has 2 amide bonds. The van der Waals surface area contributed by atoms with E-state index in [4.69, 9.17) is 0 Å². The molecule has 2 rings (SSSR count). The molecule has 1 aromatic heterocycles. The fourth-order valence-corrected chi connectivity index (χ4v) is 3.73. The third-order valence-corrected chi connectivity index (χ3v) is 4.60. The highest BCUT2D eigenvalue weighted by Gasteiger charge is 2.17. The summed E-state index contributed by atoms with van der Waals surface area (Å²) in [5.41, 5.74) is 0.507. The van der Waals surface area contributed by atoms with Gasteiger partial charge in [-0.15, -0.1) is 10.2 Å². The minimum Gasteiger partial charge on any atom is -0.326 e. The summed E-state index contributed by atoms with van der Waals surface area (Å²) in [6.07, 6.45) is 1.73. The van der Waals surface area contributed by atoms with Gasteiger partial charge in [0.1, 0.15) is 5.01 Å². The highest BCUT2D eigenvalue weighted by Crippen LogP contribution is 2.24. The fourth-order valence-electron chi connectivity index (χ4n) is 2.20. The van der Waals surface area contributed by atoms with E-state index in [0.717, 1.165) is 17.7 Å². The topological polar surface area (TPSA) is 130 Å². The second-order valence-electron chi connectivity index (χ2n) is 6.37. The zero-order valence-electron chi connectivity index (χ0n) is 15.4. The predicted octanol–water partition coefficient (Wildman–Crippen LogP) is 2.32. The Morgan fingerprint density at radius 2 is 1.89 bits per heavy atom. The van der Waals surface area contributed by atoms with Gasteiger partial charge in [-0.1, -0.05) is 25.2 Å². The van der Waals surface area contributed by atoms with Crippen LogP contribution in [0.5, 0.6) is 0 Å². The van der Waals surface area contributed by atoms with E-state index in [1.165, 1.54) is 36.5 Å². The highest BCUT2D eigenvalue weighted by molar-refractivity contribution is 7.92. The standard InChI is InChI=1S/C16H21N5O4S2/c1-9(2)7-14-19-20-16(26-14)18-15(23)12-8-11(17-10(3)22)5-6-13(12)21-27(4,24)25/h5-6,8-9,21H,7H2,1-4H3,(H,17,22)(H,18,20,23). The van der Waals surface area contributed by atoms with Crippen LogP contribution in [-0.4, -0.2) is 36.7 Å². The lowest BCUT2D eigenvalue weighted by Crippen LogP contribution is -2.18. The Hall–Kier alpha value is -2.53. The molecule has 0 fully saturated rings. The largest absolute Gasteiger partial charge is 0.326 e. The molecule has 27 heavy (non-hydrogen) atoms. The molecule has 0 aliphatic carbocycles. The van der Waals surface area contributed by atoms with Crippen LogP contribution in [0.25, 0.3) is 0 Å². The molecule has 9 nitrogen and oxygen atoms in total. The summed E-state index contributed by atoms with van der Waals surface area (Å²) in [6, 6.07) is 4.29. The van der Waals surface area contributed by atoms with Gasteiger partial charge in [-0.25, -0.2) is 8.42 Å². The van der Waals surface area contributed by atoms with Crippen molar-refractivity contribution in [2.45, 2.75) is 27.2 Å². The molecule has 1 heterocycles. The number of nitrogens with one attached hydrogen (secondary N) is 3. The molecular weight excluding hydrogens is 390 g/mol. The summed E-state index contributed by atoms with van der Waals surface area (Å²) in [5, 5.41) is 14.2. The van der Waals surface area contributed by atoms with Gasteiger partial charge in [-0.2, -0.15) is 0 Å². The summed E-state index contributed by atoms with van der Waals surface area (Å²) in [6.45, 7) is 5.44. The van der Waals surface area contributed by atoms with E-state index in [-0.39, 0.29) is 17.2 Å². The van der Waals surface area contributed by atoms with E-state index in [1.54, 1.807) is 0 Å². The van der Waals surface area contributed by atoms with Crippen molar-refractivity contribution in [2.24, 2.45) is 5.92 Å². The van der Waals surface area contributed by atoms with Crippen molar-refractivity contribution in [1.82, 2.24) is 10.2 Å². The molecule has 0 saturated carbocycles. The van der Waals surface area contributed by atoms with E-state index >= 15 is 0 Å². The molecule has 1 aromatic carbocycles. The van der Waals surface area contributed by atoms with Gasteiger partial charge in [0.25, 0.3) is 5.91 Å². The van der Waals surface area contributed by atoms with Gasteiger partial charge in [0, 0.05) is 19.0 Å². The molecule has 0 unspecified atom stereocenters. The number of carbonyl (C=O) groups excluding carboxylic acids is 2. The molecular formula is C16H21N5O4S2. The number of rotatable bonds is 7. The molecule has 0 atom stereocenters. The number of aromatic nitrogens is 2. The van der Waals surface area contributed by atoms with Gasteiger partial charge in [-0.3, -0.25) is 19.6 Å². The first-order valence-corrected chi connectivity index (χ1v) is 10.8. The van der Waals surface area contributed by atoms with E-state index in [0.29, 0.717) is 16.7 Å². The van der Waals surface area contributed by atoms with Crippen molar-refractivity contribution >= 4 is 49.7 Å². The molecule has 146 valence electrons. The number of carbonyl (C=O) groups is 2. The third kappa shape index (κ3) is 6.61. The number of nitrogens with zero attached hydrogens (tertiary/aromatic N) is 2. The zero-order chi connectivity index (χ0) is 20.2. The number of anilines is 3. The maximum Gasteiger partial charge on any atom is 0.259 e. The van der Waals surface area contributed by atoms with Crippen LogP contribution >= 0.6 is 11.3 Å². The summed E-state index contributed by atoms with van der Waals surface area (Å²) in [4.78, 5) is 23.9. The minimum atomic E-state index is -3.59. The maximum absolute atomic E-state index is 12.7. The second kappa shape index (κ2) is 8.44. The molecule has 11 heteroatoms. The average molecular weight is 412 g/mol. The van der Waals surface area contributed by atoms with E-state index in [2.05, 4.69) is 39.4 Å². The van der Waals surface area contributed by atoms with Crippen molar-refractivity contribution in [3.63, 3.8) is 0 Å². The van der Waals surface area contributed by atoms with E-state index in [1.807, 2.05) is 0 Å². The van der Waals surface area contributed by atoms with Crippen molar-refractivity contribution in [3.05, 3.63) is 28.8 Å². The van der Waals surface area contributed by atoms with Crippen LogP contribution in [-0.2, 0) is 21.2 Å². The van der Waals surface area contributed by atoms with Gasteiger partial charge >= 0.3 is 0 Å². The van der Waals surface area contributed by atoms with Crippen LogP contribution in [0.15, 0.2) is 18.2 Å². The number of sulfonamides is 1. The van der Waals surface area contributed by atoms with Crippen LogP contribution in [0.4, 0.5) is 16.5 Å². The molecule has 0 saturated heterocycles. The molecule has 0 spiro atoms. The predicted molar refractivity (Wildman–Crippen MR) is 106 cm³/mol. The number of hydrogen-bond acceptors (Lipinski definition) is 7. The van der Waals surface area contributed by atoms with E-state index < -0.39 is 15.9 Å². The molecule has 2 aromatic rings. The quantitative estimate of drug-likeness (QED) is 0.641. The first-order valence-electron chi connectivity index (χ1n) is 8.06. The van der Waals surface area contributed by atoms with Crippen LogP contribution < -0.4 is 15.4 Å². The normalized spacial score (nSPS) is 11.3. The van der Waals surface area contributed by atoms with Crippen molar-refractivity contribution in [1.29, 1.82) is 0 Å². The molecule has 0 bridgehead atoms. The summed E-state index contributed by atoms with van der Waals surface area (Å²) >= 11 is 1.26. The Balaban J connectivity index is 2.30. The lowest BCUT2D eigenvalue weighted by Gasteiger charge is -2.12. The van der Waals surface area contributed by atoms with Gasteiger partial charge < -0.3 is 5.32 Å². The third-order valence-electron chi connectivity index (χ3n) is 3.15. The molecule has 0 aliphatic heterocycles. The Kier molecular flexibility index (Phi) is 6.50. The minimum absolute atomic E-state index is 0.0484. The smallest absolute Gasteiger partial charge is 0.259 e. The highest BCUT2D eigenvalue weighted by atomic mass is 32.2. The first kappa shape index (κ1) is 20.8. The number of hydrogen-bond donors (Lipinski definition) is 3. The summed E-state index contributed by atoms with van der Waals surface area (Å²) < 4.78 is 25.4. The van der Waals surface area contributed by atoms with Crippen molar-refractivity contribution in [2.75, 3.05) is 21.6 Å². The lowest BCUT2D eigenvalue weighted by molar-refractivity contribution is -0.114. The van der Waals surface area contributed by atoms with E-state index in [9.17, 15) is 18.0 Å². The lowest BCUT2D eigenvalue weighted by atomic mass is 10.1. The van der Waals surface area contributed by atoms with Crippen LogP contribution in [0.1, 0.15) is 36.1 Å².